The summed E-state index contributed by atoms with van der Waals surface area (Å²) >= 11 is 0. The fourth-order valence-electron chi connectivity index (χ4n) is 3.01. The highest BCUT2D eigenvalue weighted by molar-refractivity contribution is 6.04. The first-order chi connectivity index (χ1) is 14.4. The normalized spacial score (nSPS) is 10.9. The average molecular weight is 408 g/mol. The Hall–Kier alpha value is -3.81. The van der Waals surface area contributed by atoms with Crippen LogP contribution in [-0.4, -0.2) is 20.7 Å². The van der Waals surface area contributed by atoms with E-state index in [1.165, 1.54) is 6.07 Å². The molecule has 2 aromatic carbocycles. The van der Waals surface area contributed by atoms with Crippen LogP contribution in [-0.2, 0) is 6.54 Å². The molecule has 0 spiro atoms. The average Bonchev–Trinajstić information content (AvgIpc) is 3.28. The third-order valence-corrected chi connectivity index (χ3v) is 4.55. The highest BCUT2D eigenvalue weighted by atomic mass is 19.1. The van der Waals surface area contributed by atoms with Gasteiger partial charge in [-0.05, 0) is 55.8 Å². The number of benzene rings is 2. The molecule has 2 aromatic heterocycles. The Morgan fingerprint density at radius 3 is 2.43 bits per heavy atom. The Labute approximate surface area is 171 Å². The molecule has 152 valence electrons. The number of halogens is 2. The molecule has 1 amide bonds. The van der Waals surface area contributed by atoms with Crippen LogP contribution in [0.1, 0.15) is 27.4 Å². The molecule has 1 N–H and O–H groups in total. The van der Waals surface area contributed by atoms with E-state index in [2.05, 4.69) is 15.4 Å². The summed E-state index contributed by atoms with van der Waals surface area (Å²) in [5.74, 6) is -1.57. The number of hydrogen-bond donors (Lipinski definition) is 1. The number of carbonyl (C=O) groups excluding carboxylic acids is 1. The van der Waals surface area contributed by atoms with Crippen molar-refractivity contribution in [2.24, 2.45) is 0 Å². The second kappa shape index (κ2) is 7.90. The van der Waals surface area contributed by atoms with Gasteiger partial charge in [-0.2, -0.15) is 5.10 Å². The molecule has 2 heterocycles. The van der Waals surface area contributed by atoms with E-state index in [4.69, 9.17) is 4.42 Å². The Morgan fingerprint density at radius 2 is 1.80 bits per heavy atom. The van der Waals surface area contributed by atoms with Gasteiger partial charge in [0.15, 0.2) is 0 Å². The van der Waals surface area contributed by atoms with Gasteiger partial charge in [-0.25, -0.2) is 13.8 Å². The molecule has 0 aliphatic rings. The number of hydrogen-bond acceptors (Lipinski definition) is 4. The van der Waals surface area contributed by atoms with E-state index in [1.807, 2.05) is 20.0 Å². The van der Waals surface area contributed by atoms with Crippen LogP contribution in [0.25, 0.3) is 11.5 Å². The molecule has 0 saturated carbocycles. The Balaban J connectivity index is 1.50. The van der Waals surface area contributed by atoms with Crippen molar-refractivity contribution in [3.05, 3.63) is 89.1 Å². The lowest BCUT2D eigenvalue weighted by atomic mass is 10.1. The molecule has 8 heteroatoms. The summed E-state index contributed by atoms with van der Waals surface area (Å²) in [6.07, 6.45) is 3.69. The van der Waals surface area contributed by atoms with Crippen molar-refractivity contribution in [1.29, 1.82) is 0 Å². The maximum atomic E-state index is 13.8. The van der Waals surface area contributed by atoms with Crippen LogP contribution < -0.4 is 5.32 Å². The summed E-state index contributed by atoms with van der Waals surface area (Å²) < 4.78 is 35.1. The van der Waals surface area contributed by atoms with Crippen LogP contribution in [0.2, 0.25) is 0 Å². The van der Waals surface area contributed by atoms with E-state index >= 15 is 0 Å². The van der Waals surface area contributed by atoms with Gasteiger partial charge in [-0.3, -0.25) is 9.48 Å². The van der Waals surface area contributed by atoms with Gasteiger partial charge in [0.1, 0.15) is 28.7 Å². The van der Waals surface area contributed by atoms with Gasteiger partial charge in [0.25, 0.3) is 5.91 Å². The first-order valence-electron chi connectivity index (χ1n) is 9.22. The number of oxazole rings is 1. The summed E-state index contributed by atoms with van der Waals surface area (Å²) in [6.45, 7) is 4.29. The molecular weight excluding hydrogens is 390 g/mol. The highest BCUT2D eigenvalue weighted by Crippen LogP contribution is 2.24. The Kier molecular flexibility index (Phi) is 5.14. The summed E-state index contributed by atoms with van der Waals surface area (Å²) in [7, 11) is 0. The molecule has 0 radical (unpaired) electrons. The van der Waals surface area contributed by atoms with Crippen LogP contribution in [0.5, 0.6) is 0 Å². The van der Waals surface area contributed by atoms with Gasteiger partial charge >= 0.3 is 0 Å². The van der Waals surface area contributed by atoms with Gasteiger partial charge < -0.3 is 9.73 Å². The zero-order chi connectivity index (χ0) is 21.3. The molecule has 6 nitrogen and oxygen atoms in total. The van der Waals surface area contributed by atoms with Crippen LogP contribution >= 0.6 is 0 Å². The van der Waals surface area contributed by atoms with Crippen molar-refractivity contribution in [2.45, 2.75) is 20.4 Å². The fraction of sp³-hybridized carbons (Fsp3) is 0.136. The van der Waals surface area contributed by atoms with Gasteiger partial charge in [-0.15, -0.1) is 0 Å². The molecule has 0 saturated heterocycles. The zero-order valence-corrected chi connectivity index (χ0v) is 16.3. The maximum absolute atomic E-state index is 13.8. The highest BCUT2D eigenvalue weighted by Gasteiger charge is 2.17. The number of amides is 1. The van der Waals surface area contributed by atoms with Crippen LogP contribution in [0, 0.1) is 25.5 Å². The lowest BCUT2D eigenvalue weighted by molar-refractivity contribution is 0.101. The molecule has 4 rings (SSSR count). The van der Waals surface area contributed by atoms with Crippen molar-refractivity contribution in [3.63, 3.8) is 0 Å². The second-order valence-electron chi connectivity index (χ2n) is 6.87. The monoisotopic (exact) mass is 408 g/mol. The SMILES string of the molecule is Cc1cnn(Cc2nc(-c3ccc(NC(=O)c4c(F)cccc4F)cc3)oc2C)c1. The smallest absolute Gasteiger partial charge is 0.261 e. The van der Waals surface area contributed by atoms with E-state index in [9.17, 15) is 13.6 Å². The van der Waals surface area contributed by atoms with Crippen molar-refractivity contribution in [1.82, 2.24) is 14.8 Å². The van der Waals surface area contributed by atoms with Crippen molar-refractivity contribution in [2.75, 3.05) is 5.32 Å². The molecule has 4 aromatic rings. The van der Waals surface area contributed by atoms with Gasteiger partial charge in [0.2, 0.25) is 5.89 Å². The summed E-state index contributed by atoms with van der Waals surface area (Å²) in [4.78, 5) is 16.7. The Morgan fingerprint density at radius 1 is 1.10 bits per heavy atom. The van der Waals surface area contributed by atoms with Crippen LogP contribution in [0.3, 0.4) is 0 Å². The van der Waals surface area contributed by atoms with E-state index in [0.717, 1.165) is 23.4 Å². The zero-order valence-electron chi connectivity index (χ0n) is 16.3. The predicted molar refractivity (Wildman–Crippen MR) is 107 cm³/mol. The minimum atomic E-state index is -0.917. The second-order valence-corrected chi connectivity index (χ2v) is 6.87. The molecular formula is C22H18F2N4O2. The van der Waals surface area contributed by atoms with E-state index < -0.39 is 23.1 Å². The predicted octanol–water partition coefficient (Wildman–Crippen LogP) is 4.73. The van der Waals surface area contributed by atoms with Gasteiger partial charge in [0, 0.05) is 17.4 Å². The number of aromatic nitrogens is 3. The summed E-state index contributed by atoms with van der Waals surface area (Å²) in [5, 5.41) is 6.74. The van der Waals surface area contributed by atoms with Gasteiger partial charge in [0.05, 0.1) is 12.7 Å². The van der Waals surface area contributed by atoms with E-state index in [1.54, 1.807) is 35.1 Å². The first-order valence-corrected chi connectivity index (χ1v) is 9.22. The Bertz CT molecular complexity index is 1190. The van der Waals surface area contributed by atoms with Crippen molar-refractivity contribution in [3.8, 4) is 11.5 Å². The molecule has 0 atom stereocenters. The molecule has 0 aliphatic carbocycles. The minimum absolute atomic E-state index is 0.391. The maximum Gasteiger partial charge on any atom is 0.261 e. The number of anilines is 1. The molecule has 0 fully saturated rings. The number of carbonyl (C=O) groups is 1. The number of nitrogens with zero attached hydrogens (tertiary/aromatic N) is 3. The van der Waals surface area contributed by atoms with E-state index in [0.29, 0.717) is 29.4 Å². The van der Waals surface area contributed by atoms with Crippen molar-refractivity contribution >= 4 is 11.6 Å². The summed E-state index contributed by atoms with van der Waals surface area (Å²) in [6, 6.07) is 9.92. The van der Waals surface area contributed by atoms with Gasteiger partial charge in [-0.1, -0.05) is 6.07 Å². The molecule has 0 aliphatic heterocycles. The summed E-state index contributed by atoms with van der Waals surface area (Å²) in [5.41, 5.74) is 2.30. The molecule has 0 bridgehead atoms. The minimum Gasteiger partial charge on any atom is -0.441 e. The topological polar surface area (TPSA) is 73.0 Å². The third-order valence-electron chi connectivity index (χ3n) is 4.55. The van der Waals surface area contributed by atoms with E-state index in [-0.39, 0.29) is 0 Å². The standard InChI is InChI=1S/C22H18F2N4O2/c1-13-10-25-28(11-13)12-19-14(2)30-22(27-19)15-6-8-16(9-7-15)26-21(29)20-17(23)4-3-5-18(20)24/h3-11H,12H2,1-2H3,(H,26,29). The van der Waals surface area contributed by atoms with Crippen LogP contribution in [0.4, 0.5) is 14.5 Å². The first kappa shape index (κ1) is 19.5. The number of aryl methyl sites for hydroxylation is 2. The quantitative estimate of drug-likeness (QED) is 0.518. The lowest BCUT2D eigenvalue weighted by Gasteiger charge is -2.07. The van der Waals surface area contributed by atoms with Crippen LogP contribution in [0.15, 0.2) is 59.3 Å². The van der Waals surface area contributed by atoms with Crippen molar-refractivity contribution < 1.29 is 18.0 Å². The lowest BCUT2D eigenvalue weighted by Crippen LogP contribution is -2.15. The molecule has 30 heavy (non-hydrogen) atoms. The largest absolute Gasteiger partial charge is 0.441 e. The fourth-order valence-corrected chi connectivity index (χ4v) is 3.01. The molecule has 0 unspecified atom stereocenters. The number of nitrogens with one attached hydrogen (secondary N) is 1. The number of rotatable bonds is 5. The third kappa shape index (κ3) is 3.98.